The molecule has 3 aliphatic rings. The van der Waals surface area contributed by atoms with E-state index >= 15 is 0 Å². The highest BCUT2D eigenvalue weighted by molar-refractivity contribution is 5.17. The summed E-state index contributed by atoms with van der Waals surface area (Å²) in [6.07, 6.45) is 2.83. The minimum Gasteiger partial charge on any atom is -0.296 e. The molecular formula is C9H13N. The maximum Gasteiger partial charge on any atom is 0.0194 e. The SMILES string of the molecule is C=C1CC2[C@@H]3C[C@@H]3CN2C1. The largest absolute Gasteiger partial charge is 0.296 e. The van der Waals surface area contributed by atoms with Crippen molar-refractivity contribution < 1.29 is 0 Å². The van der Waals surface area contributed by atoms with E-state index in [1.54, 1.807) is 0 Å². The van der Waals surface area contributed by atoms with Crippen LogP contribution in [-0.4, -0.2) is 24.0 Å². The van der Waals surface area contributed by atoms with Crippen molar-refractivity contribution in [2.24, 2.45) is 11.8 Å². The van der Waals surface area contributed by atoms with E-state index in [1.165, 1.54) is 31.5 Å². The smallest absolute Gasteiger partial charge is 0.0194 e. The Morgan fingerprint density at radius 1 is 1.50 bits per heavy atom. The first-order valence-electron chi connectivity index (χ1n) is 4.25. The van der Waals surface area contributed by atoms with E-state index in [-0.39, 0.29) is 0 Å². The lowest BCUT2D eigenvalue weighted by atomic mass is 10.1. The van der Waals surface area contributed by atoms with Gasteiger partial charge in [-0.3, -0.25) is 4.90 Å². The number of hydrogen-bond acceptors (Lipinski definition) is 1. The summed E-state index contributed by atoms with van der Waals surface area (Å²) in [6.45, 7) is 6.64. The molecule has 0 amide bonds. The summed E-state index contributed by atoms with van der Waals surface area (Å²) in [5.41, 5.74) is 1.47. The summed E-state index contributed by atoms with van der Waals surface area (Å²) in [5, 5.41) is 0. The Bertz CT molecular complexity index is 197. The van der Waals surface area contributed by atoms with Gasteiger partial charge in [-0.1, -0.05) is 12.2 Å². The second-order valence-electron chi connectivity index (χ2n) is 4.11. The fourth-order valence-corrected chi connectivity index (χ4v) is 2.77. The van der Waals surface area contributed by atoms with Crippen molar-refractivity contribution in [3.63, 3.8) is 0 Å². The second-order valence-corrected chi connectivity index (χ2v) is 4.11. The van der Waals surface area contributed by atoms with Crippen molar-refractivity contribution in [1.82, 2.24) is 4.90 Å². The molecule has 0 aromatic carbocycles. The molecule has 2 saturated heterocycles. The molecule has 3 rings (SSSR count). The van der Waals surface area contributed by atoms with Gasteiger partial charge in [-0.2, -0.15) is 0 Å². The van der Waals surface area contributed by atoms with Crippen LogP contribution in [0.25, 0.3) is 0 Å². The van der Waals surface area contributed by atoms with Gasteiger partial charge in [-0.05, 0) is 24.7 Å². The van der Waals surface area contributed by atoms with Crippen LogP contribution in [0.3, 0.4) is 0 Å². The van der Waals surface area contributed by atoms with Crippen molar-refractivity contribution in [3.8, 4) is 0 Å². The van der Waals surface area contributed by atoms with Crippen LogP contribution >= 0.6 is 0 Å². The van der Waals surface area contributed by atoms with Gasteiger partial charge >= 0.3 is 0 Å². The maximum atomic E-state index is 4.05. The zero-order valence-electron chi connectivity index (χ0n) is 6.21. The molecule has 1 heteroatoms. The van der Waals surface area contributed by atoms with E-state index in [0.29, 0.717) is 0 Å². The van der Waals surface area contributed by atoms with Gasteiger partial charge in [0.1, 0.15) is 0 Å². The highest BCUT2D eigenvalue weighted by Crippen LogP contribution is 2.53. The molecule has 0 bridgehead atoms. The third kappa shape index (κ3) is 0.523. The van der Waals surface area contributed by atoms with Crippen molar-refractivity contribution >= 4 is 0 Å². The predicted molar refractivity (Wildman–Crippen MR) is 40.7 cm³/mol. The molecule has 54 valence electrons. The van der Waals surface area contributed by atoms with Gasteiger partial charge < -0.3 is 0 Å². The third-order valence-electron chi connectivity index (χ3n) is 3.33. The molecule has 1 unspecified atom stereocenters. The molecule has 1 saturated carbocycles. The van der Waals surface area contributed by atoms with E-state index in [2.05, 4.69) is 11.5 Å². The monoisotopic (exact) mass is 135 g/mol. The number of fused-ring (bicyclic) bond motifs is 3. The van der Waals surface area contributed by atoms with Crippen LogP contribution in [0.1, 0.15) is 12.8 Å². The molecule has 0 aromatic heterocycles. The molecule has 3 fully saturated rings. The van der Waals surface area contributed by atoms with Gasteiger partial charge in [0, 0.05) is 19.1 Å². The molecule has 2 heterocycles. The van der Waals surface area contributed by atoms with E-state index in [9.17, 15) is 0 Å². The lowest BCUT2D eigenvalue weighted by molar-refractivity contribution is 0.285. The number of nitrogens with zero attached hydrogens (tertiary/aromatic N) is 1. The number of rotatable bonds is 0. The molecule has 2 aliphatic heterocycles. The van der Waals surface area contributed by atoms with Gasteiger partial charge in [0.15, 0.2) is 0 Å². The molecule has 1 nitrogen and oxygen atoms in total. The minimum atomic E-state index is 0.928. The topological polar surface area (TPSA) is 3.24 Å². The standard InChI is InChI=1S/C9H13N/c1-6-2-9-8-3-7(8)5-10(9)4-6/h7-9H,1-5H2/t7-,8-,9?/m1/s1. The first kappa shape index (κ1) is 5.36. The molecule has 10 heavy (non-hydrogen) atoms. The molecular weight excluding hydrogens is 122 g/mol. The molecule has 0 aromatic rings. The zero-order valence-corrected chi connectivity index (χ0v) is 6.21. The molecule has 0 spiro atoms. The van der Waals surface area contributed by atoms with Crippen molar-refractivity contribution in [1.29, 1.82) is 0 Å². The Labute approximate surface area is 61.7 Å². The van der Waals surface area contributed by atoms with Crippen molar-refractivity contribution in [3.05, 3.63) is 12.2 Å². The summed E-state index contributed by atoms with van der Waals surface area (Å²) >= 11 is 0. The fourth-order valence-electron chi connectivity index (χ4n) is 2.77. The summed E-state index contributed by atoms with van der Waals surface area (Å²) in [7, 11) is 0. The van der Waals surface area contributed by atoms with Gasteiger partial charge in [0.2, 0.25) is 0 Å². The summed E-state index contributed by atoms with van der Waals surface area (Å²) in [6, 6.07) is 0.928. The Kier molecular flexibility index (Phi) is 0.791. The summed E-state index contributed by atoms with van der Waals surface area (Å²) in [4.78, 5) is 2.63. The average molecular weight is 135 g/mol. The number of hydrogen-bond donors (Lipinski definition) is 0. The minimum absolute atomic E-state index is 0.928. The molecule has 0 radical (unpaired) electrons. The van der Waals surface area contributed by atoms with E-state index < -0.39 is 0 Å². The fraction of sp³-hybridized carbons (Fsp3) is 0.778. The average Bonchev–Trinajstić information content (AvgIpc) is 2.40. The highest BCUT2D eigenvalue weighted by Gasteiger charge is 2.54. The molecule has 3 atom stereocenters. The highest BCUT2D eigenvalue weighted by atomic mass is 15.2. The summed E-state index contributed by atoms with van der Waals surface area (Å²) < 4.78 is 0. The van der Waals surface area contributed by atoms with Gasteiger partial charge in [-0.25, -0.2) is 0 Å². The van der Waals surface area contributed by atoms with Gasteiger partial charge in [0.05, 0.1) is 0 Å². The van der Waals surface area contributed by atoms with Crippen molar-refractivity contribution in [2.45, 2.75) is 18.9 Å². The number of piperidine rings is 1. The molecule has 1 aliphatic carbocycles. The van der Waals surface area contributed by atoms with Gasteiger partial charge in [0.25, 0.3) is 0 Å². The van der Waals surface area contributed by atoms with E-state index in [4.69, 9.17) is 0 Å². The molecule has 0 N–H and O–H groups in total. The van der Waals surface area contributed by atoms with Crippen LogP contribution in [0.2, 0.25) is 0 Å². The Hall–Kier alpha value is -0.300. The van der Waals surface area contributed by atoms with Crippen LogP contribution in [0.15, 0.2) is 12.2 Å². The van der Waals surface area contributed by atoms with Crippen LogP contribution < -0.4 is 0 Å². The first-order valence-corrected chi connectivity index (χ1v) is 4.25. The maximum absolute atomic E-state index is 4.05. The van der Waals surface area contributed by atoms with Crippen LogP contribution in [0.5, 0.6) is 0 Å². The third-order valence-corrected chi connectivity index (χ3v) is 3.33. The van der Waals surface area contributed by atoms with Gasteiger partial charge in [-0.15, -0.1) is 0 Å². The predicted octanol–water partition coefficient (Wildman–Crippen LogP) is 1.27. The Morgan fingerprint density at radius 2 is 2.40 bits per heavy atom. The lowest BCUT2D eigenvalue weighted by Gasteiger charge is -2.16. The lowest BCUT2D eigenvalue weighted by Crippen LogP contribution is -2.26. The quantitative estimate of drug-likeness (QED) is 0.452. The van der Waals surface area contributed by atoms with Crippen LogP contribution in [-0.2, 0) is 0 Å². The zero-order chi connectivity index (χ0) is 6.72. The second kappa shape index (κ2) is 1.48. The Morgan fingerprint density at radius 3 is 3.20 bits per heavy atom. The van der Waals surface area contributed by atoms with Crippen LogP contribution in [0.4, 0.5) is 0 Å². The van der Waals surface area contributed by atoms with E-state index in [0.717, 1.165) is 17.9 Å². The first-order chi connectivity index (χ1) is 4.84. The van der Waals surface area contributed by atoms with E-state index in [1.807, 2.05) is 0 Å². The normalized spacial score (nSPS) is 51.2. The van der Waals surface area contributed by atoms with Crippen LogP contribution in [0, 0.1) is 11.8 Å². The Balaban J connectivity index is 1.88. The summed E-state index contributed by atoms with van der Waals surface area (Å²) in [5.74, 6) is 2.18. The van der Waals surface area contributed by atoms with Crippen molar-refractivity contribution in [2.75, 3.05) is 13.1 Å².